The van der Waals surface area contributed by atoms with Crippen molar-refractivity contribution in [2.45, 2.75) is 43.7 Å². The summed E-state index contributed by atoms with van der Waals surface area (Å²) >= 11 is 0. The smallest absolute Gasteiger partial charge is 0.274 e. The van der Waals surface area contributed by atoms with Crippen molar-refractivity contribution in [2.75, 3.05) is 18.0 Å². The molecule has 3 fully saturated rings. The highest BCUT2D eigenvalue weighted by molar-refractivity contribution is 5.93. The number of aromatic amines is 1. The number of anilines is 1. The van der Waals surface area contributed by atoms with Crippen molar-refractivity contribution >= 4 is 11.9 Å². The molecule has 24 heavy (non-hydrogen) atoms. The second-order valence-electron chi connectivity index (χ2n) is 7.03. The average molecular weight is 324 g/mol. The molecule has 1 N–H and O–H groups in total. The molecular weight excluding hydrogens is 304 g/mol. The van der Waals surface area contributed by atoms with Crippen LogP contribution in [0.3, 0.4) is 0 Å². The minimum absolute atomic E-state index is 0.0688. The van der Waals surface area contributed by atoms with Gasteiger partial charge in [0.2, 0.25) is 5.95 Å². The Kier molecular flexibility index (Phi) is 3.08. The Bertz CT molecular complexity index is 741. The lowest BCUT2D eigenvalue weighted by Gasteiger charge is -2.40. The fourth-order valence-corrected chi connectivity index (χ4v) is 4.03. The topological polar surface area (TPSA) is 78.0 Å². The summed E-state index contributed by atoms with van der Waals surface area (Å²) in [6.45, 7) is 1.60. The van der Waals surface area contributed by atoms with Gasteiger partial charge in [-0.2, -0.15) is 5.10 Å². The molecule has 2 bridgehead atoms. The van der Waals surface area contributed by atoms with E-state index in [2.05, 4.69) is 25.1 Å². The maximum absolute atomic E-state index is 13.0. The van der Waals surface area contributed by atoms with Gasteiger partial charge in [0.05, 0.1) is 12.1 Å². The second kappa shape index (κ2) is 5.29. The number of hydrogen-bond donors (Lipinski definition) is 1. The molecule has 0 spiro atoms. The van der Waals surface area contributed by atoms with Gasteiger partial charge in [0, 0.05) is 37.1 Å². The number of piperazine rings is 1. The van der Waals surface area contributed by atoms with Crippen LogP contribution in [-0.2, 0) is 0 Å². The molecule has 2 saturated heterocycles. The highest BCUT2D eigenvalue weighted by atomic mass is 16.2. The van der Waals surface area contributed by atoms with Crippen molar-refractivity contribution in [3.8, 4) is 0 Å². The Labute approximate surface area is 140 Å². The van der Waals surface area contributed by atoms with Crippen molar-refractivity contribution in [3.05, 3.63) is 35.9 Å². The highest BCUT2D eigenvalue weighted by Crippen LogP contribution is 2.39. The van der Waals surface area contributed by atoms with Gasteiger partial charge in [-0.1, -0.05) is 0 Å². The third kappa shape index (κ3) is 2.26. The van der Waals surface area contributed by atoms with Gasteiger partial charge in [-0.25, -0.2) is 9.97 Å². The zero-order chi connectivity index (χ0) is 16.1. The minimum Gasteiger partial charge on any atom is -0.337 e. The zero-order valence-corrected chi connectivity index (χ0v) is 13.4. The van der Waals surface area contributed by atoms with Gasteiger partial charge in [0.1, 0.15) is 5.69 Å². The van der Waals surface area contributed by atoms with Crippen LogP contribution in [0.5, 0.6) is 0 Å². The zero-order valence-electron chi connectivity index (χ0n) is 13.4. The van der Waals surface area contributed by atoms with Crippen LogP contribution >= 0.6 is 0 Å². The molecular formula is C17H20N6O. The van der Waals surface area contributed by atoms with Gasteiger partial charge in [0.15, 0.2) is 0 Å². The van der Waals surface area contributed by atoms with Crippen LogP contribution in [0.4, 0.5) is 5.95 Å². The molecule has 1 amide bonds. The van der Waals surface area contributed by atoms with Gasteiger partial charge in [0.25, 0.3) is 5.91 Å². The molecule has 0 aromatic carbocycles. The molecule has 1 saturated carbocycles. The molecule has 3 aliphatic rings. The van der Waals surface area contributed by atoms with E-state index in [0.717, 1.165) is 37.6 Å². The molecule has 2 atom stereocenters. The van der Waals surface area contributed by atoms with E-state index in [-0.39, 0.29) is 18.0 Å². The number of H-pyrrole nitrogens is 1. The van der Waals surface area contributed by atoms with E-state index in [0.29, 0.717) is 11.6 Å². The normalized spacial score (nSPS) is 26.0. The maximum Gasteiger partial charge on any atom is 0.274 e. The van der Waals surface area contributed by atoms with Gasteiger partial charge in [-0.15, -0.1) is 0 Å². The number of nitrogens with one attached hydrogen (secondary N) is 1. The third-order valence-electron chi connectivity index (χ3n) is 5.39. The number of aromatic nitrogens is 4. The van der Waals surface area contributed by atoms with E-state index in [4.69, 9.17) is 0 Å². The summed E-state index contributed by atoms with van der Waals surface area (Å²) in [6, 6.07) is 4.22. The number of hydrogen-bond acceptors (Lipinski definition) is 5. The minimum atomic E-state index is 0.0688. The summed E-state index contributed by atoms with van der Waals surface area (Å²) in [5, 5.41) is 7.32. The fraction of sp³-hybridized carbons (Fsp3) is 0.529. The molecule has 2 aliphatic heterocycles. The molecule has 1 aliphatic carbocycles. The predicted molar refractivity (Wildman–Crippen MR) is 87.8 cm³/mol. The van der Waals surface area contributed by atoms with Crippen LogP contribution in [-0.4, -0.2) is 56.1 Å². The number of rotatable bonds is 3. The first-order chi connectivity index (χ1) is 11.8. The maximum atomic E-state index is 13.0. The van der Waals surface area contributed by atoms with Crippen molar-refractivity contribution in [1.82, 2.24) is 25.1 Å². The van der Waals surface area contributed by atoms with Gasteiger partial charge >= 0.3 is 0 Å². The van der Waals surface area contributed by atoms with Gasteiger partial charge < -0.3 is 9.80 Å². The Morgan fingerprint density at radius 1 is 1.08 bits per heavy atom. The van der Waals surface area contributed by atoms with Crippen LogP contribution in [0.1, 0.15) is 47.8 Å². The highest BCUT2D eigenvalue weighted by Gasteiger charge is 2.44. The number of carbonyl (C=O) groups excluding carboxylic acids is 1. The molecule has 0 radical (unpaired) electrons. The van der Waals surface area contributed by atoms with Gasteiger partial charge in [-0.05, 0) is 37.8 Å². The number of nitrogens with zero attached hydrogens (tertiary/aromatic N) is 5. The first-order valence-electron chi connectivity index (χ1n) is 8.69. The lowest BCUT2D eigenvalue weighted by molar-refractivity contribution is 0.0634. The van der Waals surface area contributed by atoms with Crippen molar-refractivity contribution in [2.24, 2.45) is 0 Å². The second-order valence-corrected chi connectivity index (χ2v) is 7.03. The Morgan fingerprint density at radius 2 is 1.79 bits per heavy atom. The lowest BCUT2D eigenvalue weighted by atomic mass is 10.1. The molecule has 124 valence electrons. The SMILES string of the molecule is O=C(c1cc(C2CC2)[nH]n1)N1C2CCC1CN(c1ncccn1)C2. The molecule has 2 unspecified atom stereocenters. The molecule has 7 heteroatoms. The first-order valence-corrected chi connectivity index (χ1v) is 8.69. The predicted octanol–water partition coefficient (Wildman–Crippen LogP) is 1.57. The van der Waals surface area contributed by atoms with Crippen LogP contribution < -0.4 is 4.90 Å². The largest absolute Gasteiger partial charge is 0.337 e. The van der Waals surface area contributed by atoms with Crippen LogP contribution in [0, 0.1) is 0 Å². The van der Waals surface area contributed by atoms with E-state index >= 15 is 0 Å². The van der Waals surface area contributed by atoms with Crippen molar-refractivity contribution in [3.63, 3.8) is 0 Å². The monoisotopic (exact) mass is 324 g/mol. The number of fused-ring (bicyclic) bond motifs is 2. The Hall–Kier alpha value is -2.44. The van der Waals surface area contributed by atoms with Crippen molar-refractivity contribution < 1.29 is 4.79 Å². The quantitative estimate of drug-likeness (QED) is 0.927. The number of amides is 1. The third-order valence-corrected chi connectivity index (χ3v) is 5.39. The molecule has 7 nitrogen and oxygen atoms in total. The summed E-state index contributed by atoms with van der Waals surface area (Å²) in [7, 11) is 0. The van der Waals surface area contributed by atoms with E-state index in [1.54, 1.807) is 12.4 Å². The summed E-state index contributed by atoms with van der Waals surface area (Å²) in [6.07, 6.45) is 8.03. The van der Waals surface area contributed by atoms with Crippen LogP contribution in [0.2, 0.25) is 0 Å². The summed E-state index contributed by atoms with van der Waals surface area (Å²) < 4.78 is 0. The van der Waals surface area contributed by atoms with Crippen LogP contribution in [0.15, 0.2) is 24.5 Å². The molecule has 2 aromatic heterocycles. The summed E-state index contributed by atoms with van der Waals surface area (Å²) in [5.74, 6) is 1.42. The molecule has 4 heterocycles. The fourth-order valence-electron chi connectivity index (χ4n) is 4.03. The Balaban J connectivity index is 1.35. The van der Waals surface area contributed by atoms with Gasteiger partial charge in [-0.3, -0.25) is 9.89 Å². The summed E-state index contributed by atoms with van der Waals surface area (Å²) in [4.78, 5) is 25.9. The summed E-state index contributed by atoms with van der Waals surface area (Å²) in [5.41, 5.74) is 1.68. The standard InChI is InChI=1S/C17H20N6O/c24-16(15-8-14(20-21-15)11-2-3-11)23-12-4-5-13(23)10-22(9-12)17-18-6-1-7-19-17/h1,6-8,11-13H,2-5,9-10H2,(H,20,21). The van der Waals surface area contributed by atoms with Crippen molar-refractivity contribution in [1.29, 1.82) is 0 Å². The van der Waals surface area contributed by atoms with E-state index in [1.807, 2.05) is 17.0 Å². The van der Waals surface area contributed by atoms with E-state index < -0.39 is 0 Å². The first kappa shape index (κ1) is 13.9. The lowest BCUT2D eigenvalue weighted by Crippen LogP contribution is -2.56. The Morgan fingerprint density at radius 3 is 2.46 bits per heavy atom. The molecule has 2 aromatic rings. The number of carbonyl (C=O) groups is 1. The van der Waals surface area contributed by atoms with Crippen LogP contribution in [0.25, 0.3) is 0 Å². The van der Waals surface area contributed by atoms with E-state index in [1.165, 1.54) is 12.8 Å². The molecule has 5 rings (SSSR count). The van der Waals surface area contributed by atoms with E-state index in [9.17, 15) is 4.79 Å². The average Bonchev–Trinajstić information content (AvgIpc) is 3.30.